The van der Waals surface area contributed by atoms with E-state index in [2.05, 4.69) is 0 Å². The van der Waals surface area contributed by atoms with E-state index in [0.29, 0.717) is 43.1 Å². The zero-order valence-corrected chi connectivity index (χ0v) is 18.2. The highest BCUT2D eigenvalue weighted by Crippen LogP contribution is 2.36. The Kier molecular flexibility index (Phi) is 6.34. The van der Waals surface area contributed by atoms with Crippen molar-refractivity contribution in [2.24, 2.45) is 5.92 Å². The molecule has 32 heavy (non-hydrogen) atoms. The third kappa shape index (κ3) is 5.02. The predicted octanol–water partition coefficient (Wildman–Crippen LogP) is 5.64. The molecule has 8 heteroatoms. The lowest BCUT2D eigenvalue weighted by atomic mass is 10.0. The quantitative estimate of drug-likeness (QED) is 0.559. The first-order valence-electron chi connectivity index (χ1n) is 10.7. The number of halogens is 4. The van der Waals surface area contributed by atoms with Crippen molar-refractivity contribution in [1.29, 1.82) is 5.26 Å². The number of carbonyl (C=O) groups is 1. The number of alkyl halides is 3. The average Bonchev–Trinajstić information content (AvgIpc) is 3.43. The fourth-order valence-electron chi connectivity index (χ4n) is 4.24. The number of rotatable bonds is 6. The van der Waals surface area contributed by atoms with Gasteiger partial charge in [-0.3, -0.25) is 4.79 Å². The van der Waals surface area contributed by atoms with Crippen molar-refractivity contribution in [3.8, 4) is 6.07 Å². The second-order valence-corrected chi connectivity index (χ2v) is 8.90. The Morgan fingerprint density at radius 3 is 2.59 bits per heavy atom. The molecule has 2 fully saturated rings. The SMILES string of the molecule is N#Cc1ccc(N(Cc2ccccc2C(F)(F)F)[C@H]2CCN(C(=O)CC3CC3)C2)cc1Cl. The van der Waals surface area contributed by atoms with Crippen LogP contribution in [-0.2, 0) is 17.5 Å². The maximum Gasteiger partial charge on any atom is 0.416 e. The zero-order valence-electron chi connectivity index (χ0n) is 17.4. The van der Waals surface area contributed by atoms with Gasteiger partial charge < -0.3 is 9.80 Å². The van der Waals surface area contributed by atoms with E-state index < -0.39 is 11.7 Å². The summed E-state index contributed by atoms with van der Waals surface area (Å²) in [5.74, 6) is 0.595. The highest BCUT2D eigenvalue weighted by atomic mass is 35.5. The summed E-state index contributed by atoms with van der Waals surface area (Å²) >= 11 is 6.24. The normalized spacial score (nSPS) is 18.5. The smallest absolute Gasteiger partial charge is 0.362 e. The number of hydrogen-bond donors (Lipinski definition) is 0. The molecular weight excluding hydrogens is 439 g/mol. The van der Waals surface area contributed by atoms with Gasteiger partial charge in [0, 0.05) is 37.8 Å². The largest absolute Gasteiger partial charge is 0.416 e. The lowest BCUT2D eigenvalue weighted by molar-refractivity contribution is -0.138. The van der Waals surface area contributed by atoms with Crippen molar-refractivity contribution in [3.63, 3.8) is 0 Å². The van der Waals surface area contributed by atoms with E-state index in [1.807, 2.05) is 15.9 Å². The first kappa shape index (κ1) is 22.5. The minimum Gasteiger partial charge on any atom is -0.362 e. The third-order valence-electron chi connectivity index (χ3n) is 6.19. The number of amides is 1. The van der Waals surface area contributed by atoms with Crippen molar-refractivity contribution < 1.29 is 18.0 Å². The van der Waals surface area contributed by atoms with Crippen LogP contribution in [0.4, 0.5) is 18.9 Å². The fraction of sp³-hybridized carbons (Fsp3) is 0.417. The van der Waals surface area contributed by atoms with Gasteiger partial charge in [-0.05, 0) is 55.0 Å². The van der Waals surface area contributed by atoms with E-state index in [4.69, 9.17) is 11.6 Å². The molecule has 1 atom stereocenters. The second kappa shape index (κ2) is 9.03. The molecule has 1 saturated carbocycles. The van der Waals surface area contributed by atoms with Gasteiger partial charge in [-0.25, -0.2) is 0 Å². The molecule has 0 unspecified atom stereocenters. The molecule has 2 aromatic rings. The highest BCUT2D eigenvalue weighted by molar-refractivity contribution is 6.32. The standard InChI is InChI=1S/C24H23ClF3N3O/c25-22-12-19(8-7-17(22)13-29)31(14-18-3-1-2-4-21(18)24(26,27)28)20-9-10-30(15-20)23(32)11-16-5-6-16/h1-4,7-8,12,16,20H,5-6,9-11,14-15H2/t20-/m0/s1. The second-order valence-electron chi connectivity index (χ2n) is 8.49. The first-order valence-corrected chi connectivity index (χ1v) is 11.0. The van der Waals surface area contributed by atoms with Gasteiger partial charge in [0.25, 0.3) is 0 Å². The van der Waals surface area contributed by atoms with E-state index in [9.17, 15) is 23.2 Å². The Morgan fingerprint density at radius 1 is 1.19 bits per heavy atom. The van der Waals surface area contributed by atoms with Crippen molar-refractivity contribution in [2.45, 2.75) is 44.4 Å². The number of nitriles is 1. The first-order chi connectivity index (χ1) is 15.3. The van der Waals surface area contributed by atoms with Crippen molar-refractivity contribution in [2.75, 3.05) is 18.0 Å². The van der Waals surface area contributed by atoms with Crippen LogP contribution >= 0.6 is 11.6 Å². The van der Waals surface area contributed by atoms with E-state index in [-0.39, 0.29) is 29.1 Å². The lowest BCUT2D eigenvalue weighted by Crippen LogP contribution is -2.39. The summed E-state index contributed by atoms with van der Waals surface area (Å²) in [5.41, 5.74) is 0.416. The van der Waals surface area contributed by atoms with Gasteiger partial charge in [0.05, 0.1) is 16.1 Å². The lowest BCUT2D eigenvalue weighted by Gasteiger charge is -2.32. The molecule has 4 nitrogen and oxygen atoms in total. The number of benzene rings is 2. The maximum absolute atomic E-state index is 13.6. The molecule has 0 bridgehead atoms. The molecule has 168 valence electrons. The van der Waals surface area contributed by atoms with Crippen LogP contribution in [0.5, 0.6) is 0 Å². The molecule has 1 saturated heterocycles. The molecule has 2 aliphatic rings. The molecule has 1 heterocycles. The summed E-state index contributed by atoms with van der Waals surface area (Å²) in [4.78, 5) is 16.3. The van der Waals surface area contributed by atoms with Gasteiger partial charge in [-0.2, -0.15) is 18.4 Å². The van der Waals surface area contributed by atoms with E-state index in [0.717, 1.165) is 18.9 Å². The van der Waals surface area contributed by atoms with Crippen molar-refractivity contribution in [1.82, 2.24) is 4.90 Å². The Morgan fingerprint density at radius 2 is 1.94 bits per heavy atom. The van der Waals surface area contributed by atoms with Crippen LogP contribution in [0.3, 0.4) is 0 Å². The van der Waals surface area contributed by atoms with Gasteiger partial charge in [0.2, 0.25) is 5.91 Å². The molecule has 0 spiro atoms. The molecule has 2 aromatic carbocycles. The number of carbonyl (C=O) groups excluding carboxylic acids is 1. The molecule has 0 radical (unpaired) electrons. The van der Waals surface area contributed by atoms with E-state index >= 15 is 0 Å². The van der Waals surface area contributed by atoms with Gasteiger partial charge in [-0.15, -0.1) is 0 Å². The Hall–Kier alpha value is -2.72. The molecule has 1 aliphatic heterocycles. The molecule has 0 N–H and O–H groups in total. The van der Waals surface area contributed by atoms with Crippen LogP contribution in [0.1, 0.15) is 42.4 Å². The summed E-state index contributed by atoms with van der Waals surface area (Å²) in [6.07, 6.45) is -1.08. The van der Waals surface area contributed by atoms with E-state index in [1.54, 1.807) is 24.3 Å². The Balaban J connectivity index is 1.63. The third-order valence-corrected chi connectivity index (χ3v) is 6.50. The van der Waals surface area contributed by atoms with Crippen molar-refractivity contribution in [3.05, 3.63) is 64.2 Å². The molecule has 1 aliphatic carbocycles. The predicted molar refractivity (Wildman–Crippen MR) is 116 cm³/mol. The van der Waals surface area contributed by atoms with Gasteiger partial charge in [0.15, 0.2) is 0 Å². The van der Waals surface area contributed by atoms with Crippen LogP contribution in [-0.4, -0.2) is 29.9 Å². The Labute approximate surface area is 190 Å². The number of hydrogen-bond acceptors (Lipinski definition) is 3. The number of nitrogens with zero attached hydrogens (tertiary/aromatic N) is 3. The summed E-state index contributed by atoms with van der Waals surface area (Å²) in [6, 6.07) is 12.3. The summed E-state index contributed by atoms with van der Waals surface area (Å²) in [6.45, 7) is 1.06. The van der Waals surface area contributed by atoms with Crippen LogP contribution in [0.25, 0.3) is 0 Å². The molecular formula is C24H23ClF3N3O. The summed E-state index contributed by atoms with van der Waals surface area (Å²) in [7, 11) is 0. The van der Waals surface area contributed by atoms with Crippen LogP contribution < -0.4 is 4.90 Å². The highest BCUT2D eigenvalue weighted by Gasteiger charge is 2.36. The van der Waals surface area contributed by atoms with Crippen molar-refractivity contribution >= 4 is 23.2 Å². The monoisotopic (exact) mass is 461 g/mol. The zero-order chi connectivity index (χ0) is 22.9. The number of likely N-dealkylation sites (tertiary alicyclic amines) is 1. The minimum absolute atomic E-state index is 0.0211. The molecule has 1 amide bonds. The molecule has 0 aromatic heterocycles. The molecule has 4 rings (SSSR count). The van der Waals surface area contributed by atoms with Gasteiger partial charge >= 0.3 is 6.18 Å². The fourth-order valence-corrected chi connectivity index (χ4v) is 4.46. The summed E-state index contributed by atoms with van der Waals surface area (Å²) in [5, 5.41) is 9.43. The topological polar surface area (TPSA) is 47.3 Å². The summed E-state index contributed by atoms with van der Waals surface area (Å²) < 4.78 is 40.8. The van der Waals surface area contributed by atoms with Crippen LogP contribution in [0, 0.1) is 17.2 Å². The van der Waals surface area contributed by atoms with E-state index in [1.165, 1.54) is 12.1 Å². The van der Waals surface area contributed by atoms with Gasteiger partial charge in [0.1, 0.15) is 6.07 Å². The maximum atomic E-state index is 13.6. The Bertz CT molecular complexity index is 1050. The number of anilines is 1. The average molecular weight is 462 g/mol. The van der Waals surface area contributed by atoms with Gasteiger partial charge in [-0.1, -0.05) is 29.8 Å². The van der Waals surface area contributed by atoms with Crippen LogP contribution in [0.15, 0.2) is 42.5 Å². The minimum atomic E-state index is -4.47. The van der Waals surface area contributed by atoms with Crippen LogP contribution in [0.2, 0.25) is 5.02 Å².